The van der Waals surface area contributed by atoms with Crippen molar-refractivity contribution >= 4 is 16.9 Å². The van der Waals surface area contributed by atoms with E-state index in [0.717, 1.165) is 10.9 Å². The molecule has 2 rings (SSSR count). The molecular formula is C12H13NO2. The van der Waals surface area contributed by atoms with Gasteiger partial charge in [-0.1, -0.05) is 0 Å². The molecule has 1 aromatic carbocycles. The van der Waals surface area contributed by atoms with Crippen molar-refractivity contribution in [2.75, 3.05) is 7.11 Å². The van der Waals surface area contributed by atoms with Crippen LogP contribution in [0.5, 0.6) is 0 Å². The summed E-state index contributed by atoms with van der Waals surface area (Å²) in [5.74, 6) is -0.301. The third-order valence-electron chi connectivity index (χ3n) is 2.70. The van der Waals surface area contributed by atoms with Gasteiger partial charge in [0, 0.05) is 17.1 Å². The molecule has 0 unspecified atom stereocenters. The van der Waals surface area contributed by atoms with Gasteiger partial charge in [-0.15, -0.1) is 0 Å². The van der Waals surface area contributed by atoms with Crippen molar-refractivity contribution in [1.82, 2.24) is 4.98 Å². The topological polar surface area (TPSA) is 42.1 Å². The Hall–Kier alpha value is -1.77. The first-order valence-corrected chi connectivity index (χ1v) is 4.80. The Morgan fingerprint density at radius 1 is 1.27 bits per heavy atom. The highest BCUT2D eigenvalue weighted by molar-refractivity contribution is 6.04. The van der Waals surface area contributed by atoms with Crippen LogP contribution in [-0.4, -0.2) is 18.1 Å². The second-order valence-electron chi connectivity index (χ2n) is 3.68. The number of methoxy groups -OCH3 is 1. The fraction of sp³-hybridized carbons (Fsp3) is 0.250. The van der Waals surface area contributed by atoms with Crippen LogP contribution in [0.15, 0.2) is 18.3 Å². The maximum absolute atomic E-state index is 11.4. The molecule has 1 N–H and O–H groups in total. The minimum absolute atomic E-state index is 0.301. The lowest BCUT2D eigenvalue weighted by molar-refractivity contribution is 0.0603. The highest BCUT2D eigenvalue weighted by Crippen LogP contribution is 2.22. The molecular weight excluding hydrogens is 190 g/mol. The second-order valence-corrected chi connectivity index (χ2v) is 3.68. The van der Waals surface area contributed by atoms with Crippen LogP contribution in [0.2, 0.25) is 0 Å². The van der Waals surface area contributed by atoms with Gasteiger partial charge in [0.1, 0.15) is 0 Å². The molecule has 0 fully saturated rings. The van der Waals surface area contributed by atoms with Crippen molar-refractivity contribution in [3.05, 3.63) is 35.0 Å². The number of ether oxygens (including phenoxy) is 1. The molecule has 3 heteroatoms. The van der Waals surface area contributed by atoms with E-state index in [2.05, 4.69) is 4.98 Å². The van der Waals surface area contributed by atoms with Crippen LogP contribution < -0.4 is 0 Å². The minimum atomic E-state index is -0.301. The van der Waals surface area contributed by atoms with E-state index in [9.17, 15) is 4.79 Å². The van der Waals surface area contributed by atoms with Crippen molar-refractivity contribution in [1.29, 1.82) is 0 Å². The average Bonchev–Trinajstić information content (AvgIpc) is 2.61. The summed E-state index contributed by atoms with van der Waals surface area (Å²) in [6.45, 7) is 4.08. The summed E-state index contributed by atoms with van der Waals surface area (Å²) in [5.41, 5.74) is 3.95. The molecule has 0 radical (unpaired) electrons. The molecule has 0 saturated heterocycles. The monoisotopic (exact) mass is 203 g/mol. The molecule has 1 heterocycles. The van der Waals surface area contributed by atoms with Crippen LogP contribution in [0, 0.1) is 13.8 Å². The highest BCUT2D eigenvalue weighted by Gasteiger charge is 2.12. The molecule has 0 aliphatic carbocycles. The number of aromatic amines is 1. The summed E-state index contributed by atoms with van der Waals surface area (Å²) in [4.78, 5) is 14.5. The first-order chi connectivity index (χ1) is 7.13. The quantitative estimate of drug-likeness (QED) is 0.724. The summed E-state index contributed by atoms with van der Waals surface area (Å²) >= 11 is 0. The first kappa shape index (κ1) is 9.77. The van der Waals surface area contributed by atoms with Crippen molar-refractivity contribution in [3.63, 3.8) is 0 Å². The van der Waals surface area contributed by atoms with E-state index >= 15 is 0 Å². The number of carbonyl (C=O) groups is 1. The maximum atomic E-state index is 11.4. The van der Waals surface area contributed by atoms with Gasteiger partial charge < -0.3 is 9.72 Å². The Morgan fingerprint density at radius 2 is 1.93 bits per heavy atom. The lowest BCUT2D eigenvalue weighted by atomic mass is 10.1. The normalized spacial score (nSPS) is 10.6. The minimum Gasteiger partial charge on any atom is -0.465 e. The molecule has 15 heavy (non-hydrogen) atoms. The van der Waals surface area contributed by atoms with Gasteiger partial charge in [-0.25, -0.2) is 4.79 Å². The first-order valence-electron chi connectivity index (χ1n) is 4.80. The van der Waals surface area contributed by atoms with E-state index in [1.165, 1.54) is 18.2 Å². The van der Waals surface area contributed by atoms with Gasteiger partial charge in [0.05, 0.1) is 12.7 Å². The summed E-state index contributed by atoms with van der Waals surface area (Å²) < 4.78 is 4.71. The number of benzene rings is 1. The third-order valence-corrected chi connectivity index (χ3v) is 2.70. The van der Waals surface area contributed by atoms with E-state index in [-0.39, 0.29) is 5.97 Å². The SMILES string of the molecule is COC(=O)c1c[nH]c2cc(C)c(C)cc12. The molecule has 0 bridgehead atoms. The van der Waals surface area contributed by atoms with Crippen LogP contribution in [0.1, 0.15) is 21.5 Å². The number of carbonyl (C=O) groups excluding carboxylic acids is 1. The summed E-state index contributed by atoms with van der Waals surface area (Å²) in [5, 5.41) is 0.921. The lowest BCUT2D eigenvalue weighted by Gasteiger charge is -2.01. The van der Waals surface area contributed by atoms with Crippen LogP contribution in [0.25, 0.3) is 10.9 Å². The molecule has 0 aliphatic rings. The zero-order chi connectivity index (χ0) is 11.0. The third kappa shape index (κ3) is 1.50. The Balaban J connectivity index is 2.69. The van der Waals surface area contributed by atoms with Crippen molar-refractivity contribution in [3.8, 4) is 0 Å². The maximum Gasteiger partial charge on any atom is 0.340 e. The van der Waals surface area contributed by atoms with Gasteiger partial charge in [0.15, 0.2) is 0 Å². The Labute approximate surface area is 88.1 Å². The summed E-state index contributed by atoms with van der Waals surface area (Å²) in [6.07, 6.45) is 1.69. The standard InChI is InChI=1S/C12H13NO2/c1-7-4-9-10(12(14)15-3)6-13-11(9)5-8(7)2/h4-6,13H,1-3H3. The molecule has 0 amide bonds. The van der Waals surface area contributed by atoms with Crippen molar-refractivity contribution in [2.45, 2.75) is 13.8 Å². The Kier molecular flexibility index (Phi) is 2.23. The van der Waals surface area contributed by atoms with Gasteiger partial charge >= 0.3 is 5.97 Å². The second kappa shape index (κ2) is 3.42. The van der Waals surface area contributed by atoms with E-state index < -0.39 is 0 Å². The van der Waals surface area contributed by atoms with Gasteiger partial charge in [-0.2, -0.15) is 0 Å². The number of hydrogen-bond acceptors (Lipinski definition) is 2. The number of rotatable bonds is 1. The molecule has 3 nitrogen and oxygen atoms in total. The molecule has 0 atom stereocenters. The predicted molar refractivity (Wildman–Crippen MR) is 59.1 cm³/mol. The van der Waals surface area contributed by atoms with E-state index in [4.69, 9.17) is 4.74 Å². The number of hydrogen-bond donors (Lipinski definition) is 1. The predicted octanol–water partition coefficient (Wildman–Crippen LogP) is 2.57. The van der Waals surface area contributed by atoms with Gasteiger partial charge in [-0.3, -0.25) is 0 Å². The van der Waals surface area contributed by atoms with E-state index in [1.54, 1.807) is 6.20 Å². The number of H-pyrrole nitrogens is 1. The molecule has 2 aromatic rings. The number of nitrogens with one attached hydrogen (secondary N) is 1. The van der Waals surface area contributed by atoms with E-state index in [1.807, 2.05) is 26.0 Å². The number of fused-ring (bicyclic) bond motifs is 1. The largest absolute Gasteiger partial charge is 0.465 e. The average molecular weight is 203 g/mol. The van der Waals surface area contributed by atoms with Gasteiger partial charge in [-0.05, 0) is 37.1 Å². The van der Waals surface area contributed by atoms with Gasteiger partial charge in [0.25, 0.3) is 0 Å². The zero-order valence-corrected chi connectivity index (χ0v) is 9.05. The van der Waals surface area contributed by atoms with Gasteiger partial charge in [0.2, 0.25) is 0 Å². The molecule has 78 valence electrons. The summed E-state index contributed by atoms with van der Waals surface area (Å²) in [6, 6.07) is 4.05. The molecule has 1 aromatic heterocycles. The van der Waals surface area contributed by atoms with Crippen molar-refractivity contribution in [2.24, 2.45) is 0 Å². The van der Waals surface area contributed by atoms with Crippen LogP contribution in [0.3, 0.4) is 0 Å². The van der Waals surface area contributed by atoms with Crippen LogP contribution in [-0.2, 0) is 4.74 Å². The fourth-order valence-electron chi connectivity index (χ4n) is 1.66. The van der Waals surface area contributed by atoms with Crippen LogP contribution >= 0.6 is 0 Å². The highest BCUT2D eigenvalue weighted by atomic mass is 16.5. The Bertz CT molecular complexity index is 526. The zero-order valence-electron chi connectivity index (χ0n) is 9.05. The fourth-order valence-corrected chi connectivity index (χ4v) is 1.66. The van der Waals surface area contributed by atoms with Crippen LogP contribution in [0.4, 0.5) is 0 Å². The summed E-state index contributed by atoms with van der Waals surface area (Å²) in [7, 11) is 1.39. The molecule has 0 aliphatic heterocycles. The number of aromatic nitrogens is 1. The molecule has 0 spiro atoms. The Morgan fingerprint density at radius 3 is 2.60 bits per heavy atom. The smallest absolute Gasteiger partial charge is 0.340 e. The number of esters is 1. The number of aryl methyl sites for hydroxylation is 2. The lowest BCUT2D eigenvalue weighted by Crippen LogP contribution is -1.99. The van der Waals surface area contributed by atoms with Crippen molar-refractivity contribution < 1.29 is 9.53 Å². The molecule has 0 saturated carbocycles. The van der Waals surface area contributed by atoms with E-state index in [0.29, 0.717) is 5.56 Å².